The molecule has 0 spiro atoms. The standard InChI is InChI=1S/C4H4F2O2/c1-8-4(7)3(6)2-5/h2H,1H3. The van der Waals surface area contributed by atoms with Gasteiger partial charge >= 0.3 is 5.97 Å². The number of esters is 1. The predicted octanol–water partition coefficient (Wildman–Crippen LogP) is 0.940. The Morgan fingerprint density at radius 2 is 2.25 bits per heavy atom. The summed E-state index contributed by atoms with van der Waals surface area (Å²) in [5.41, 5.74) is 0. The monoisotopic (exact) mass is 122 g/mol. The van der Waals surface area contributed by atoms with Crippen LogP contribution in [0.25, 0.3) is 0 Å². The summed E-state index contributed by atoms with van der Waals surface area (Å²) in [4.78, 5) is 9.84. The molecule has 0 radical (unpaired) electrons. The van der Waals surface area contributed by atoms with E-state index in [1.165, 1.54) is 0 Å². The zero-order chi connectivity index (χ0) is 6.57. The van der Waals surface area contributed by atoms with Crippen LogP contribution in [0.1, 0.15) is 0 Å². The Balaban J connectivity index is 3.83. The molecule has 2 nitrogen and oxygen atoms in total. The SMILES string of the molecule is COC(=O)C(F)=CF. The fraction of sp³-hybridized carbons (Fsp3) is 0.250. The number of carbonyl (C=O) groups is 1. The molecule has 8 heavy (non-hydrogen) atoms. The first-order valence-electron chi connectivity index (χ1n) is 1.76. The van der Waals surface area contributed by atoms with Crippen molar-refractivity contribution in [2.24, 2.45) is 0 Å². The highest BCUT2D eigenvalue weighted by atomic mass is 19.2. The van der Waals surface area contributed by atoms with Crippen molar-refractivity contribution < 1.29 is 18.3 Å². The Morgan fingerprint density at radius 1 is 1.75 bits per heavy atom. The number of ether oxygens (including phenoxy) is 1. The van der Waals surface area contributed by atoms with Crippen molar-refractivity contribution in [2.75, 3.05) is 7.11 Å². The molecule has 0 atom stereocenters. The van der Waals surface area contributed by atoms with Crippen molar-refractivity contribution in [1.29, 1.82) is 0 Å². The van der Waals surface area contributed by atoms with Crippen LogP contribution in [0.4, 0.5) is 8.78 Å². The van der Waals surface area contributed by atoms with Crippen molar-refractivity contribution in [3.63, 3.8) is 0 Å². The molecular formula is C4H4F2O2. The second-order valence-corrected chi connectivity index (χ2v) is 0.949. The third kappa shape index (κ3) is 1.68. The highest BCUT2D eigenvalue weighted by Crippen LogP contribution is 1.97. The molecule has 0 aromatic carbocycles. The Morgan fingerprint density at radius 3 is 2.38 bits per heavy atom. The van der Waals surface area contributed by atoms with Gasteiger partial charge < -0.3 is 4.74 Å². The van der Waals surface area contributed by atoms with E-state index in [1.54, 1.807) is 0 Å². The summed E-state index contributed by atoms with van der Waals surface area (Å²) in [6, 6.07) is 0. The van der Waals surface area contributed by atoms with Crippen molar-refractivity contribution in [3.05, 3.63) is 12.2 Å². The van der Waals surface area contributed by atoms with E-state index in [9.17, 15) is 13.6 Å². The van der Waals surface area contributed by atoms with Crippen LogP contribution < -0.4 is 0 Å². The minimum atomic E-state index is -1.52. The van der Waals surface area contributed by atoms with E-state index in [1.807, 2.05) is 0 Å². The third-order valence-electron chi connectivity index (χ3n) is 0.476. The average molecular weight is 122 g/mol. The van der Waals surface area contributed by atoms with Crippen LogP contribution in [0.3, 0.4) is 0 Å². The Hall–Kier alpha value is -0.930. The van der Waals surface area contributed by atoms with Gasteiger partial charge in [0.05, 0.1) is 7.11 Å². The minimum absolute atomic E-state index is 0.453. The van der Waals surface area contributed by atoms with E-state index in [0.29, 0.717) is 0 Å². The van der Waals surface area contributed by atoms with Gasteiger partial charge in [-0.15, -0.1) is 0 Å². The molecule has 0 N–H and O–H groups in total. The first kappa shape index (κ1) is 7.07. The zero-order valence-electron chi connectivity index (χ0n) is 4.15. The van der Waals surface area contributed by atoms with Crippen LogP contribution in [0.15, 0.2) is 12.2 Å². The maximum atomic E-state index is 11.5. The molecule has 0 aliphatic carbocycles. The van der Waals surface area contributed by atoms with Crippen molar-refractivity contribution in [2.45, 2.75) is 0 Å². The van der Waals surface area contributed by atoms with Gasteiger partial charge in [-0.3, -0.25) is 0 Å². The van der Waals surface area contributed by atoms with E-state index >= 15 is 0 Å². The number of halogens is 2. The summed E-state index contributed by atoms with van der Waals surface area (Å²) in [6.45, 7) is 0. The van der Waals surface area contributed by atoms with Crippen molar-refractivity contribution in [3.8, 4) is 0 Å². The summed E-state index contributed by atoms with van der Waals surface area (Å²) < 4.78 is 26.3. The minimum Gasteiger partial charge on any atom is -0.464 e. The molecule has 0 rings (SSSR count). The summed E-state index contributed by atoms with van der Waals surface area (Å²) in [6.07, 6.45) is -0.453. The van der Waals surface area contributed by atoms with E-state index in [4.69, 9.17) is 0 Å². The van der Waals surface area contributed by atoms with Crippen LogP contribution in [-0.4, -0.2) is 13.1 Å². The maximum Gasteiger partial charge on any atom is 0.369 e. The van der Waals surface area contributed by atoms with Crippen LogP contribution in [0, 0.1) is 0 Å². The maximum absolute atomic E-state index is 11.5. The molecule has 4 heteroatoms. The number of rotatable bonds is 1. The Kier molecular flexibility index (Phi) is 2.76. The fourth-order valence-electron chi connectivity index (χ4n) is 0.142. The van der Waals surface area contributed by atoms with E-state index in [0.717, 1.165) is 7.11 Å². The van der Waals surface area contributed by atoms with Gasteiger partial charge in [-0.05, 0) is 0 Å². The largest absolute Gasteiger partial charge is 0.464 e. The lowest BCUT2D eigenvalue weighted by molar-refractivity contribution is -0.137. The van der Waals surface area contributed by atoms with Crippen molar-refractivity contribution in [1.82, 2.24) is 0 Å². The molecule has 0 aliphatic heterocycles. The third-order valence-corrected chi connectivity index (χ3v) is 0.476. The van der Waals surface area contributed by atoms with Gasteiger partial charge in [0.2, 0.25) is 5.83 Å². The van der Waals surface area contributed by atoms with Gasteiger partial charge in [0, 0.05) is 0 Å². The predicted molar refractivity (Wildman–Crippen MR) is 22.3 cm³/mol. The van der Waals surface area contributed by atoms with Crippen LogP contribution in [-0.2, 0) is 9.53 Å². The Bertz CT molecular complexity index is 119. The highest BCUT2D eigenvalue weighted by Gasteiger charge is 2.05. The molecule has 0 heterocycles. The van der Waals surface area contributed by atoms with Gasteiger partial charge in [-0.1, -0.05) is 0 Å². The van der Waals surface area contributed by atoms with E-state index in [2.05, 4.69) is 4.74 Å². The van der Waals surface area contributed by atoms with E-state index < -0.39 is 18.1 Å². The van der Waals surface area contributed by atoms with Gasteiger partial charge in [0.1, 0.15) is 6.33 Å². The number of carbonyl (C=O) groups excluding carboxylic acids is 1. The van der Waals surface area contributed by atoms with Crippen LogP contribution in [0.2, 0.25) is 0 Å². The molecule has 0 aromatic heterocycles. The molecule has 0 unspecified atom stereocenters. The van der Waals surface area contributed by atoms with Gasteiger partial charge in [-0.25, -0.2) is 9.18 Å². The van der Waals surface area contributed by atoms with Gasteiger partial charge in [0.15, 0.2) is 0 Å². The summed E-state index contributed by atoms with van der Waals surface area (Å²) in [7, 11) is 0.964. The molecule has 0 amide bonds. The molecule has 0 saturated carbocycles. The van der Waals surface area contributed by atoms with Gasteiger partial charge in [-0.2, -0.15) is 4.39 Å². The molecule has 0 aliphatic rings. The second-order valence-electron chi connectivity index (χ2n) is 0.949. The van der Waals surface area contributed by atoms with Crippen LogP contribution in [0.5, 0.6) is 0 Å². The normalized spacial score (nSPS) is 11.1. The number of methoxy groups -OCH3 is 1. The number of hydrogen-bond acceptors (Lipinski definition) is 2. The summed E-state index contributed by atoms with van der Waals surface area (Å²) in [5.74, 6) is -2.82. The lowest BCUT2D eigenvalue weighted by Crippen LogP contribution is -1.98. The number of hydrogen-bond donors (Lipinski definition) is 0. The quantitative estimate of drug-likeness (QED) is 0.382. The lowest BCUT2D eigenvalue weighted by Gasteiger charge is -1.88. The Labute approximate surface area is 44.8 Å². The molecule has 0 fully saturated rings. The van der Waals surface area contributed by atoms with Gasteiger partial charge in [0.25, 0.3) is 0 Å². The molecule has 0 bridgehead atoms. The first-order chi connectivity index (χ1) is 3.72. The summed E-state index contributed by atoms with van der Waals surface area (Å²) in [5, 5.41) is 0. The molecular weight excluding hydrogens is 118 g/mol. The molecule has 0 saturated heterocycles. The fourth-order valence-corrected chi connectivity index (χ4v) is 0.142. The lowest BCUT2D eigenvalue weighted by atomic mass is 10.6. The van der Waals surface area contributed by atoms with Crippen molar-refractivity contribution >= 4 is 5.97 Å². The first-order valence-corrected chi connectivity index (χ1v) is 1.76. The average Bonchev–Trinajstić information content (AvgIpc) is 1.84. The molecule has 0 aromatic rings. The molecule has 46 valence electrons. The van der Waals surface area contributed by atoms with E-state index in [-0.39, 0.29) is 0 Å². The second kappa shape index (κ2) is 3.12. The topological polar surface area (TPSA) is 26.3 Å². The highest BCUT2D eigenvalue weighted by molar-refractivity contribution is 5.85. The zero-order valence-corrected chi connectivity index (χ0v) is 4.15. The smallest absolute Gasteiger partial charge is 0.369 e. The summed E-state index contributed by atoms with van der Waals surface area (Å²) >= 11 is 0. The van der Waals surface area contributed by atoms with Crippen LogP contribution >= 0.6 is 0 Å².